The summed E-state index contributed by atoms with van der Waals surface area (Å²) in [6, 6.07) is 7.74. The molecule has 1 aliphatic rings. The van der Waals surface area contributed by atoms with Crippen LogP contribution in [-0.4, -0.2) is 63.7 Å². The van der Waals surface area contributed by atoms with Crippen molar-refractivity contribution in [3.63, 3.8) is 0 Å². The maximum atomic E-state index is 12.6. The van der Waals surface area contributed by atoms with Crippen LogP contribution in [0.2, 0.25) is 0 Å². The molecule has 146 valence electrons. The van der Waals surface area contributed by atoms with Crippen molar-refractivity contribution in [2.24, 2.45) is 0 Å². The lowest BCUT2D eigenvalue weighted by Crippen LogP contribution is -2.48. The van der Waals surface area contributed by atoms with Crippen molar-refractivity contribution < 1.29 is 14.3 Å². The van der Waals surface area contributed by atoms with Crippen molar-refractivity contribution in [2.75, 3.05) is 26.0 Å². The maximum absolute atomic E-state index is 12.6. The molecule has 3 rings (SSSR count). The molecule has 0 spiro atoms. The van der Waals surface area contributed by atoms with Gasteiger partial charge in [0.15, 0.2) is 11.0 Å². The van der Waals surface area contributed by atoms with Crippen molar-refractivity contribution in [1.29, 1.82) is 0 Å². The number of hydrogen-bond donors (Lipinski definition) is 0. The second-order valence-corrected chi connectivity index (χ2v) is 7.54. The number of nitrogens with zero attached hydrogens (tertiary/aromatic N) is 4. The molecule has 1 saturated heterocycles. The van der Waals surface area contributed by atoms with E-state index in [1.807, 2.05) is 54.5 Å². The number of amides is 1. The minimum absolute atomic E-state index is 0.0687. The molecule has 27 heavy (non-hydrogen) atoms. The summed E-state index contributed by atoms with van der Waals surface area (Å²) in [5, 5.41) is 9.40. The van der Waals surface area contributed by atoms with Crippen molar-refractivity contribution in [2.45, 2.75) is 44.7 Å². The molecule has 0 bridgehead atoms. The number of hydrogen-bond acceptors (Lipinski definition) is 6. The molecule has 1 aromatic heterocycles. The van der Waals surface area contributed by atoms with Crippen LogP contribution in [0, 0.1) is 0 Å². The van der Waals surface area contributed by atoms with Crippen molar-refractivity contribution in [3.05, 3.63) is 24.3 Å². The molecule has 0 radical (unpaired) electrons. The van der Waals surface area contributed by atoms with Crippen LogP contribution in [0.15, 0.2) is 29.4 Å². The Kier molecular flexibility index (Phi) is 6.38. The number of methoxy groups -OCH3 is 1. The van der Waals surface area contributed by atoms with E-state index in [1.165, 1.54) is 11.8 Å². The van der Waals surface area contributed by atoms with Crippen LogP contribution in [0.25, 0.3) is 11.4 Å². The Morgan fingerprint density at radius 1 is 1.26 bits per heavy atom. The van der Waals surface area contributed by atoms with Gasteiger partial charge in [0, 0.05) is 19.6 Å². The molecule has 1 aromatic carbocycles. The summed E-state index contributed by atoms with van der Waals surface area (Å²) in [5.41, 5.74) is 0.892. The van der Waals surface area contributed by atoms with Gasteiger partial charge in [-0.25, -0.2) is 0 Å². The van der Waals surface area contributed by atoms with Crippen LogP contribution < -0.4 is 4.74 Å². The molecular weight excluding hydrogens is 364 g/mol. The van der Waals surface area contributed by atoms with E-state index in [2.05, 4.69) is 10.2 Å². The third kappa shape index (κ3) is 4.44. The monoisotopic (exact) mass is 390 g/mol. The number of morpholine rings is 1. The SMILES string of the molecule is CCn1c(SCC(=O)N2C[C@@H](C)O[C@@H](C)C2)nnc1-c1ccccc1OC. The van der Waals surface area contributed by atoms with Gasteiger partial charge in [-0.05, 0) is 32.9 Å². The number of aromatic nitrogens is 3. The first-order valence-electron chi connectivity index (χ1n) is 9.16. The van der Waals surface area contributed by atoms with Gasteiger partial charge < -0.3 is 18.9 Å². The van der Waals surface area contributed by atoms with Crippen LogP contribution in [0.1, 0.15) is 20.8 Å². The second kappa shape index (κ2) is 8.75. The summed E-state index contributed by atoms with van der Waals surface area (Å²) in [7, 11) is 1.64. The third-order valence-corrected chi connectivity index (χ3v) is 5.43. The zero-order valence-corrected chi connectivity index (χ0v) is 17.0. The highest BCUT2D eigenvalue weighted by Gasteiger charge is 2.26. The molecule has 0 saturated carbocycles. The quantitative estimate of drug-likeness (QED) is 0.707. The van der Waals surface area contributed by atoms with Crippen LogP contribution in [0.3, 0.4) is 0 Å². The molecule has 0 aliphatic carbocycles. The Labute approximate surface area is 164 Å². The maximum Gasteiger partial charge on any atom is 0.233 e. The highest BCUT2D eigenvalue weighted by Crippen LogP contribution is 2.30. The minimum Gasteiger partial charge on any atom is -0.496 e. The topological polar surface area (TPSA) is 69.5 Å². The number of para-hydroxylation sites is 1. The number of benzene rings is 1. The Bertz CT molecular complexity index is 785. The molecule has 0 unspecified atom stereocenters. The van der Waals surface area contributed by atoms with Gasteiger partial charge in [0.1, 0.15) is 5.75 Å². The number of carbonyl (C=O) groups excluding carboxylic acids is 1. The molecule has 1 aliphatic heterocycles. The van der Waals surface area contributed by atoms with Crippen LogP contribution in [0.5, 0.6) is 5.75 Å². The molecule has 1 fully saturated rings. The third-order valence-electron chi connectivity index (χ3n) is 4.48. The molecule has 7 nitrogen and oxygen atoms in total. The molecule has 1 amide bonds. The van der Waals surface area contributed by atoms with Crippen molar-refractivity contribution >= 4 is 17.7 Å². The van der Waals surface area contributed by atoms with Gasteiger partial charge in [0.25, 0.3) is 0 Å². The van der Waals surface area contributed by atoms with Gasteiger partial charge in [0.05, 0.1) is 30.6 Å². The number of thioether (sulfide) groups is 1. The van der Waals surface area contributed by atoms with Gasteiger partial charge in [-0.2, -0.15) is 0 Å². The van der Waals surface area contributed by atoms with E-state index in [1.54, 1.807) is 7.11 Å². The fourth-order valence-corrected chi connectivity index (χ4v) is 4.21. The predicted octanol–water partition coefficient (Wildman–Crippen LogP) is 2.70. The van der Waals surface area contributed by atoms with E-state index < -0.39 is 0 Å². The van der Waals surface area contributed by atoms with E-state index in [-0.39, 0.29) is 18.1 Å². The molecule has 0 N–H and O–H groups in total. The van der Waals surface area contributed by atoms with Crippen LogP contribution in [-0.2, 0) is 16.1 Å². The standard InChI is InChI=1S/C19H26N4O3S/c1-5-23-18(15-8-6-7-9-16(15)25-4)20-21-19(23)27-12-17(24)22-10-13(2)26-14(3)11-22/h6-9,13-14H,5,10-12H2,1-4H3/t13-,14+. The van der Waals surface area contributed by atoms with E-state index in [0.29, 0.717) is 25.4 Å². The normalized spacial score (nSPS) is 19.9. The fraction of sp³-hybridized carbons (Fsp3) is 0.526. The predicted molar refractivity (Wildman–Crippen MR) is 105 cm³/mol. The number of carbonyl (C=O) groups is 1. The molecule has 2 heterocycles. The first kappa shape index (κ1) is 19.7. The van der Waals surface area contributed by atoms with Crippen molar-refractivity contribution in [1.82, 2.24) is 19.7 Å². The summed E-state index contributed by atoms with van der Waals surface area (Å²) in [4.78, 5) is 14.5. The zero-order chi connectivity index (χ0) is 19.4. The Morgan fingerprint density at radius 2 is 1.96 bits per heavy atom. The highest BCUT2D eigenvalue weighted by atomic mass is 32.2. The van der Waals surface area contributed by atoms with Gasteiger partial charge in [-0.15, -0.1) is 10.2 Å². The Balaban J connectivity index is 1.73. The largest absolute Gasteiger partial charge is 0.496 e. The molecular formula is C19H26N4O3S. The lowest BCUT2D eigenvalue weighted by atomic mass is 10.2. The Hall–Kier alpha value is -2.06. The van der Waals surface area contributed by atoms with Gasteiger partial charge in [-0.3, -0.25) is 4.79 Å². The first-order valence-corrected chi connectivity index (χ1v) is 10.1. The van der Waals surface area contributed by atoms with Gasteiger partial charge in [-0.1, -0.05) is 23.9 Å². The molecule has 2 atom stereocenters. The number of ether oxygens (including phenoxy) is 2. The van der Waals surface area contributed by atoms with Crippen LogP contribution in [0.4, 0.5) is 0 Å². The summed E-state index contributed by atoms with van der Waals surface area (Å²) < 4.78 is 13.2. The number of rotatable bonds is 6. The van der Waals surface area contributed by atoms with E-state index in [4.69, 9.17) is 9.47 Å². The highest BCUT2D eigenvalue weighted by molar-refractivity contribution is 7.99. The first-order chi connectivity index (χ1) is 13.0. The van der Waals surface area contributed by atoms with E-state index >= 15 is 0 Å². The summed E-state index contributed by atoms with van der Waals surface area (Å²) in [6.07, 6.45) is 0.137. The zero-order valence-electron chi connectivity index (χ0n) is 16.2. The average Bonchev–Trinajstić information content (AvgIpc) is 3.07. The summed E-state index contributed by atoms with van der Waals surface area (Å²) >= 11 is 1.42. The summed E-state index contributed by atoms with van der Waals surface area (Å²) in [5.74, 6) is 1.94. The van der Waals surface area contributed by atoms with Crippen molar-refractivity contribution in [3.8, 4) is 17.1 Å². The molecule has 2 aromatic rings. The Morgan fingerprint density at radius 3 is 2.63 bits per heavy atom. The fourth-order valence-electron chi connectivity index (χ4n) is 3.31. The lowest BCUT2D eigenvalue weighted by molar-refractivity contribution is -0.140. The van der Waals surface area contributed by atoms with Crippen LogP contribution >= 0.6 is 11.8 Å². The van der Waals surface area contributed by atoms with Gasteiger partial charge >= 0.3 is 0 Å². The molecule has 8 heteroatoms. The average molecular weight is 391 g/mol. The smallest absolute Gasteiger partial charge is 0.233 e. The minimum atomic E-state index is 0.0687. The second-order valence-electron chi connectivity index (χ2n) is 6.60. The lowest BCUT2D eigenvalue weighted by Gasteiger charge is -2.35. The van der Waals surface area contributed by atoms with E-state index in [0.717, 1.165) is 22.3 Å². The van der Waals surface area contributed by atoms with E-state index in [9.17, 15) is 4.79 Å². The van der Waals surface area contributed by atoms with Gasteiger partial charge in [0.2, 0.25) is 5.91 Å². The summed E-state index contributed by atoms with van der Waals surface area (Å²) in [6.45, 7) is 8.02.